The second-order valence-electron chi connectivity index (χ2n) is 19.1. The molecular formula is C56H99O13P. The van der Waals surface area contributed by atoms with Gasteiger partial charge in [0, 0.05) is 12.8 Å². The van der Waals surface area contributed by atoms with Crippen LogP contribution in [0.4, 0.5) is 0 Å². The van der Waals surface area contributed by atoms with E-state index in [1.807, 2.05) is 18.2 Å². The van der Waals surface area contributed by atoms with Crippen molar-refractivity contribution >= 4 is 19.8 Å². The first kappa shape index (κ1) is 65.6. The molecular weight excluding hydrogens is 912 g/mol. The Balaban J connectivity index is 2.40. The standard InChI is InChI=1S/C56H99O13P/c1-3-5-7-9-11-13-15-17-19-21-23-24-25-27-29-31-33-35-37-39-41-43-45-50(58)68-48(47-67-70(64,65)69-56-54(62)52(60)51(59)53(61)55(56)63)46-66-49(57)44-42-40-38-36-34-32-30-28-26-22-20-18-16-14-12-10-8-6-4-2/h12,14,18,20,26,28,32,34,38,40,48,51-56,59-63H,3-11,13,15-17,19,21-25,27,29-31,33,35-37,39,41-47H2,1-2H3,(H,64,65)/b14-12+,20-18+,28-26+,34-32+,40-38+/t48-,51?,52-,53?,54?,55?,56?/m1/s1. The van der Waals surface area contributed by atoms with Gasteiger partial charge in [0.05, 0.1) is 6.61 Å². The van der Waals surface area contributed by atoms with Crippen molar-refractivity contribution in [1.29, 1.82) is 0 Å². The number of carbonyl (C=O) groups is 2. The van der Waals surface area contributed by atoms with Crippen LogP contribution < -0.4 is 0 Å². The number of carbonyl (C=O) groups excluding carboxylic acids is 2. The molecule has 13 nitrogen and oxygen atoms in total. The number of allylic oxidation sites excluding steroid dienone is 10. The van der Waals surface area contributed by atoms with E-state index >= 15 is 0 Å². The number of hydrogen-bond acceptors (Lipinski definition) is 12. The molecule has 8 atom stereocenters. The molecule has 1 rings (SSSR count). The minimum absolute atomic E-state index is 0.0433. The number of aliphatic hydroxyl groups excluding tert-OH is 5. The van der Waals surface area contributed by atoms with E-state index in [4.69, 9.17) is 18.5 Å². The summed E-state index contributed by atoms with van der Waals surface area (Å²) in [4.78, 5) is 35.9. The molecule has 406 valence electrons. The summed E-state index contributed by atoms with van der Waals surface area (Å²) < 4.78 is 33.6. The van der Waals surface area contributed by atoms with E-state index in [-0.39, 0.29) is 12.8 Å². The van der Waals surface area contributed by atoms with Crippen molar-refractivity contribution in [2.45, 2.75) is 268 Å². The molecule has 0 aromatic rings. The van der Waals surface area contributed by atoms with Crippen molar-refractivity contribution in [1.82, 2.24) is 0 Å². The zero-order chi connectivity index (χ0) is 51.3. The molecule has 0 bridgehead atoms. The van der Waals surface area contributed by atoms with Gasteiger partial charge < -0.3 is 39.9 Å². The topological polar surface area (TPSA) is 210 Å². The average Bonchev–Trinajstić information content (AvgIpc) is 3.34. The number of rotatable bonds is 46. The van der Waals surface area contributed by atoms with E-state index in [2.05, 4.69) is 56.4 Å². The third-order valence-electron chi connectivity index (χ3n) is 12.6. The highest BCUT2D eigenvalue weighted by atomic mass is 31.2. The minimum atomic E-state index is -5.14. The van der Waals surface area contributed by atoms with Gasteiger partial charge in [0.2, 0.25) is 0 Å². The highest BCUT2D eigenvalue weighted by Gasteiger charge is 2.51. The van der Waals surface area contributed by atoms with Crippen molar-refractivity contribution in [3.05, 3.63) is 60.8 Å². The van der Waals surface area contributed by atoms with E-state index in [9.17, 15) is 44.6 Å². The normalized spacial score (nSPS) is 21.2. The van der Waals surface area contributed by atoms with Crippen LogP contribution in [0.1, 0.15) is 226 Å². The van der Waals surface area contributed by atoms with Gasteiger partial charge in [-0.1, -0.05) is 222 Å². The van der Waals surface area contributed by atoms with E-state index in [1.165, 1.54) is 128 Å². The second-order valence-corrected chi connectivity index (χ2v) is 20.5. The zero-order valence-electron chi connectivity index (χ0n) is 43.6. The quantitative estimate of drug-likeness (QED) is 0.0145. The molecule has 0 saturated heterocycles. The molecule has 0 aromatic carbocycles. The first-order valence-electron chi connectivity index (χ1n) is 27.6. The van der Waals surface area contributed by atoms with Crippen molar-refractivity contribution in [2.75, 3.05) is 13.2 Å². The van der Waals surface area contributed by atoms with E-state index in [0.29, 0.717) is 19.3 Å². The maximum atomic E-state index is 12.9. The number of hydrogen-bond donors (Lipinski definition) is 6. The largest absolute Gasteiger partial charge is 0.472 e. The van der Waals surface area contributed by atoms with Crippen molar-refractivity contribution < 1.29 is 63.1 Å². The molecule has 0 aliphatic heterocycles. The smallest absolute Gasteiger partial charge is 0.462 e. The Morgan fingerprint density at radius 1 is 0.443 bits per heavy atom. The van der Waals surface area contributed by atoms with Crippen molar-refractivity contribution in [3.63, 3.8) is 0 Å². The summed E-state index contributed by atoms with van der Waals surface area (Å²) in [6.07, 6.45) is 44.3. The third-order valence-corrected chi connectivity index (χ3v) is 13.6. The fraction of sp³-hybridized carbons (Fsp3) is 0.786. The predicted octanol–water partition coefficient (Wildman–Crippen LogP) is 12.5. The Labute approximate surface area is 423 Å². The highest BCUT2D eigenvalue weighted by Crippen LogP contribution is 2.47. The molecule has 0 heterocycles. The summed E-state index contributed by atoms with van der Waals surface area (Å²) in [6.45, 7) is 3.25. The Hall–Kier alpha value is -2.45. The summed E-state index contributed by atoms with van der Waals surface area (Å²) in [6, 6.07) is 0. The third kappa shape index (κ3) is 36.5. The Morgan fingerprint density at radius 2 is 0.800 bits per heavy atom. The van der Waals surface area contributed by atoms with Gasteiger partial charge >= 0.3 is 19.8 Å². The van der Waals surface area contributed by atoms with Gasteiger partial charge in [0.15, 0.2) is 6.10 Å². The predicted molar refractivity (Wildman–Crippen MR) is 281 cm³/mol. The lowest BCUT2D eigenvalue weighted by Gasteiger charge is -2.41. The molecule has 70 heavy (non-hydrogen) atoms. The number of phosphoric acid groups is 1. The SMILES string of the molecule is CCCCC/C=C/C/C=C/C/C=C/C/C=C/C/C=C/CCC(=O)OC[C@H](COP(=O)(O)OC1C(O)C(O)C(O)[C@@H](O)C1O)OC(=O)CCCCCCCCCCCCCCCCCCCCCCCC. The van der Waals surface area contributed by atoms with Crippen molar-refractivity contribution in [3.8, 4) is 0 Å². The van der Waals surface area contributed by atoms with Gasteiger partial charge in [-0.05, 0) is 51.4 Å². The maximum absolute atomic E-state index is 12.9. The molecule has 0 amide bonds. The lowest BCUT2D eigenvalue weighted by Crippen LogP contribution is -2.64. The van der Waals surface area contributed by atoms with E-state index in [1.54, 1.807) is 0 Å². The summed E-state index contributed by atoms with van der Waals surface area (Å²) in [5.41, 5.74) is 0. The average molecular weight is 1010 g/mol. The fourth-order valence-electron chi connectivity index (χ4n) is 8.21. The van der Waals surface area contributed by atoms with Crippen LogP contribution in [0, 0.1) is 0 Å². The molecule has 1 fully saturated rings. The van der Waals surface area contributed by atoms with E-state index in [0.717, 1.165) is 51.4 Å². The van der Waals surface area contributed by atoms with Gasteiger partial charge in [-0.25, -0.2) is 4.57 Å². The number of unbranched alkanes of at least 4 members (excludes halogenated alkanes) is 24. The van der Waals surface area contributed by atoms with Gasteiger partial charge in [0.25, 0.3) is 0 Å². The summed E-state index contributed by atoms with van der Waals surface area (Å²) in [5, 5.41) is 50.3. The summed E-state index contributed by atoms with van der Waals surface area (Å²) in [7, 11) is -5.14. The Kier molecular flexibility index (Phi) is 42.3. The number of esters is 2. The van der Waals surface area contributed by atoms with Gasteiger partial charge in [-0.2, -0.15) is 0 Å². The van der Waals surface area contributed by atoms with Crippen LogP contribution in [0.5, 0.6) is 0 Å². The van der Waals surface area contributed by atoms with Crippen LogP contribution in [0.15, 0.2) is 60.8 Å². The number of aliphatic hydroxyl groups is 5. The monoisotopic (exact) mass is 1010 g/mol. The second kappa shape index (κ2) is 45.2. The molecule has 1 saturated carbocycles. The van der Waals surface area contributed by atoms with Crippen LogP contribution in [-0.4, -0.2) is 98.3 Å². The number of ether oxygens (including phenoxy) is 2. The zero-order valence-corrected chi connectivity index (χ0v) is 44.4. The van der Waals surface area contributed by atoms with Crippen LogP contribution in [0.25, 0.3) is 0 Å². The molecule has 1 aliphatic carbocycles. The lowest BCUT2D eigenvalue weighted by molar-refractivity contribution is -0.220. The Morgan fingerprint density at radius 3 is 1.23 bits per heavy atom. The van der Waals surface area contributed by atoms with Crippen LogP contribution in [0.2, 0.25) is 0 Å². The molecule has 6 unspecified atom stereocenters. The van der Waals surface area contributed by atoms with E-state index < -0.39 is 75.7 Å². The number of phosphoric ester groups is 1. The van der Waals surface area contributed by atoms with Crippen LogP contribution >= 0.6 is 7.82 Å². The van der Waals surface area contributed by atoms with Gasteiger partial charge in [0.1, 0.15) is 43.2 Å². The van der Waals surface area contributed by atoms with Gasteiger partial charge in [-0.15, -0.1) is 0 Å². The first-order chi connectivity index (χ1) is 33.9. The molecule has 0 spiro atoms. The first-order valence-corrected chi connectivity index (χ1v) is 29.1. The molecule has 14 heteroatoms. The van der Waals surface area contributed by atoms with Crippen LogP contribution in [0.3, 0.4) is 0 Å². The molecule has 6 N–H and O–H groups in total. The Bertz CT molecular complexity index is 1450. The van der Waals surface area contributed by atoms with Gasteiger partial charge in [-0.3, -0.25) is 18.6 Å². The van der Waals surface area contributed by atoms with Crippen molar-refractivity contribution in [2.24, 2.45) is 0 Å². The molecule has 0 radical (unpaired) electrons. The summed E-state index contributed by atoms with van der Waals surface area (Å²) >= 11 is 0. The highest BCUT2D eigenvalue weighted by molar-refractivity contribution is 7.47. The summed E-state index contributed by atoms with van der Waals surface area (Å²) in [5.74, 6) is -1.19. The molecule has 1 aliphatic rings. The fourth-order valence-corrected chi connectivity index (χ4v) is 9.19. The lowest BCUT2D eigenvalue weighted by atomic mass is 9.85. The molecule has 0 aromatic heterocycles. The van der Waals surface area contributed by atoms with Crippen LogP contribution in [-0.2, 0) is 32.7 Å². The minimum Gasteiger partial charge on any atom is -0.462 e. The maximum Gasteiger partial charge on any atom is 0.472 e.